The molecule has 0 radical (unpaired) electrons. The summed E-state index contributed by atoms with van der Waals surface area (Å²) in [5, 5.41) is 3.83. The number of benzene rings is 1. The molecule has 2 aliphatic heterocycles. The zero-order valence-electron chi connectivity index (χ0n) is 13.6. The summed E-state index contributed by atoms with van der Waals surface area (Å²) in [6, 6.07) is 9.57. The maximum absolute atomic E-state index is 5.93. The Morgan fingerprint density at radius 3 is 2.71 bits per heavy atom. The number of ether oxygens (including phenoxy) is 1. The number of piperazine rings is 1. The molecular formula is C18H28N2O. The molecule has 0 amide bonds. The number of hydrogen-bond donors (Lipinski definition) is 1. The average molecular weight is 288 g/mol. The Hall–Kier alpha value is -1.06. The molecule has 2 atom stereocenters. The van der Waals surface area contributed by atoms with Gasteiger partial charge >= 0.3 is 0 Å². The van der Waals surface area contributed by atoms with E-state index in [-0.39, 0.29) is 5.54 Å². The van der Waals surface area contributed by atoms with Crippen LogP contribution in [0.1, 0.15) is 51.6 Å². The van der Waals surface area contributed by atoms with Gasteiger partial charge < -0.3 is 10.1 Å². The molecule has 1 fully saturated rings. The van der Waals surface area contributed by atoms with Crippen LogP contribution in [0.25, 0.3) is 0 Å². The van der Waals surface area contributed by atoms with Gasteiger partial charge in [0.15, 0.2) is 0 Å². The molecule has 1 N–H and O–H groups in total. The largest absolute Gasteiger partial charge is 0.491 e. The summed E-state index contributed by atoms with van der Waals surface area (Å²) in [5.41, 5.74) is 1.64. The van der Waals surface area contributed by atoms with Gasteiger partial charge in [0.2, 0.25) is 0 Å². The second-order valence-electron chi connectivity index (χ2n) is 6.47. The van der Waals surface area contributed by atoms with Crippen LogP contribution in [0.3, 0.4) is 0 Å². The van der Waals surface area contributed by atoms with Gasteiger partial charge in [-0.05, 0) is 25.3 Å². The molecule has 2 aliphatic rings. The van der Waals surface area contributed by atoms with Gasteiger partial charge in [0.25, 0.3) is 0 Å². The van der Waals surface area contributed by atoms with E-state index in [2.05, 4.69) is 55.3 Å². The first-order valence-corrected chi connectivity index (χ1v) is 8.45. The standard InChI is InChI=1S/C18H28N2O/c1-4-14-11-19-18(5-2,6-3)13-20(14)16-12-21-17-10-8-7-9-15(16)17/h7-10,14,16,19H,4-6,11-13H2,1-3H3. The molecule has 0 aliphatic carbocycles. The maximum atomic E-state index is 5.93. The van der Waals surface area contributed by atoms with Crippen molar-refractivity contribution in [3.8, 4) is 5.75 Å². The van der Waals surface area contributed by atoms with Gasteiger partial charge in [-0.25, -0.2) is 0 Å². The summed E-state index contributed by atoms with van der Waals surface area (Å²) in [5.74, 6) is 1.08. The molecule has 0 saturated carbocycles. The van der Waals surface area contributed by atoms with E-state index in [1.807, 2.05) is 0 Å². The van der Waals surface area contributed by atoms with Crippen LogP contribution >= 0.6 is 0 Å². The molecular weight excluding hydrogens is 260 g/mol. The molecule has 3 nitrogen and oxygen atoms in total. The van der Waals surface area contributed by atoms with Crippen LogP contribution in [0.15, 0.2) is 24.3 Å². The third-order valence-electron chi connectivity index (χ3n) is 5.57. The van der Waals surface area contributed by atoms with Crippen LogP contribution in [0.2, 0.25) is 0 Å². The number of fused-ring (bicyclic) bond motifs is 1. The Bertz CT molecular complexity index is 484. The predicted molar refractivity (Wildman–Crippen MR) is 86.8 cm³/mol. The smallest absolute Gasteiger partial charge is 0.124 e. The van der Waals surface area contributed by atoms with Gasteiger partial charge in [0, 0.05) is 30.2 Å². The Balaban J connectivity index is 1.88. The summed E-state index contributed by atoms with van der Waals surface area (Å²) < 4.78 is 5.93. The summed E-state index contributed by atoms with van der Waals surface area (Å²) in [4.78, 5) is 2.70. The number of hydrogen-bond acceptors (Lipinski definition) is 3. The summed E-state index contributed by atoms with van der Waals surface area (Å²) in [6.07, 6.45) is 3.56. The fraction of sp³-hybridized carbons (Fsp3) is 0.667. The zero-order chi connectivity index (χ0) is 14.9. The number of nitrogens with one attached hydrogen (secondary N) is 1. The fourth-order valence-corrected chi connectivity index (χ4v) is 3.87. The summed E-state index contributed by atoms with van der Waals surface area (Å²) >= 11 is 0. The summed E-state index contributed by atoms with van der Waals surface area (Å²) in [6.45, 7) is 9.93. The predicted octanol–water partition coefficient (Wildman–Crippen LogP) is 3.36. The minimum Gasteiger partial charge on any atom is -0.491 e. The quantitative estimate of drug-likeness (QED) is 0.919. The van der Waals surface area contributed by atoms with Gasteiger partial charge in [-0.3, -0.25) is 4.90 Å². The van der Waals surface area contributed by atoms with Crippen LogP contribution in [0.4, 0.5) is 0 Å². The van der Waals surface area contributed by atoms with E-state index in [0.717, 1.165) is 25.4 Å². The topological polar surface area (TPSA) is 24.5 Å². The normalized spacial score (nSPS) is 28.1. The maximum Gasteiger partial charge on any atom is 0.124 e. The number of rotatable bonds is 4. The van der Waals surface area contributed by atoms with Crippen LogP contribution in [-0.4, -0.2) is 36.2 Å². The highest BCUT2D eigenvalue weighted by molar-refractivity contribution is 5.39. The molecule has 1 saturated heterocycles. The lowest BCUT2D eigenvalue weighted by molar-refractivity contribution is 0.0268. The Kier molecular flexibility index (Phi) is 4.23. The van der Waals surface area contributed by atoms with Crippen molar-refractivity contribution in [2.75, 3.05) is 19.7 Å². The Morgan fingerprint density at radius 1 is 1.24 bits per heavy atom. The molecule has 1 aromatic rings. The van der Waals surface area contributed by atoms with Gasteiger partial charge in [0.1, 0.15) is 12.4 Å². The highest BCUT2D eigenvalue weighted by atomic mass is 16.5. The highest BCUT2D eigenvalue weighted by Gasteiger charge is 2.41. The van der Waals surface area contributed by atoms with E-state index < -0.39 is 0 Å². The van der Waals surface area contributed by atoms with Crippen LogP contribution < -0.4 is 10.1 Å². The van der Waals surface area contributed by atoms with E-state index in [1.165, 1.54) is 24.8 Å². The molecule has 0 aromatic heterocycles. The molecule has 2 unspecified atom stereocenters. The minimum absolute atomic E-state index is 0.267. The van der Waals surface area contributed by atoms with E-state index >= 15 is 0 Å². The van der Waals surface area contributed by atoms with Crippen molar-refractivity contribution in [1.29, 1.82) is 0 Å². The Morgan fingerprint density at radius 2 is 2.00 bits per heavy atom. The minimum atomic E-state index is 0.267. The van der Waals surface area contributed by atoms with Crippen molar-refractivity contribution in [2.45, 2.75) is 57.7 Å². The molecule has 3 rings (SSSR count). The van der Waals surface area contributed by atoms with Crippen LogP contribution in [0, 0.1) is 0 Å². The summed E-state index contributed by atoms with van der Waals surface area (Å²) in [7, 11) is 0. The number of nitrogens with zero attached hydrogens (tertiary/aromatic N) is 1. The first-order chi connectivity index (χ1) is 10.2. The van der Waals surface area contributed by atoms with Gasteiger partial charge in [-0.1, -0.05) is 39.0 Å². The zero-order valence-corrected chi connectivity index (χ0v) is 13.6. The third kappa shape index (κ3) is 2.58. The number of para-hydroxylation sites is 1. The SMILES string of the molecule is CCC1CNC(CC)(CC)CN1C1COc2ccccc21. The monoisotopic (exact) mass is 288 g/mol. The van der Waals surface area contributed by atoms with Crippen molar-refractivity contribution in [3.05, 3.63) is 29.8 Å². The molecule has 0 bridgehead atoms. The molecule has 3 heteroatoms. The fourth-order valence-electron chi connectivity index (χ4n) is 3.87. The van der Waals surface area contributed by atoms with Crippen LogP contribution in [0.5, 0.6) is 5.75 Å². The molecule has 0 spiro atoms. The van der Waals surface area contributed by atoms with Crippen LogP contribution in [-0.2, 0) is 0 Å². The molecule has 116 valence electrons. The lowest BCUT2D eigenvalue weighted by atomic mass is 9.86. The van der Waals surface area contributed by atoms with Crippen molar-refractivity contribution < 1.29 is 4.74 Å². The lowest BCUT2D eigenvalue weighted by Gasteiger charge is -2.49. The van der Waals surface area contributed by atoms with Crippen molar-refractivity contribution in [1.82, 2.24) is 10.2 Å². The molecule has 2 heterocycles. The lowest BCUT2D eigenvalue weighted by Crippen LogP contribution is -2.64. The van der Waals surface area contributed by atoms with Crippen molar-refractivity contribution in [2.24, 2.45) is 0 Å². The van der Waals surface area contributed by atoms with E-state index in [1.54, 1.807) is 0 Å². The van der Waals surface area contributed by atoms with Gasteiger partial charge in [-0.15, -0.1) is 0 Å². The van der Waals surface area contributed by atoms with Gasteiger partial charge in [0.05, 0.1) is 6.04 Å². The average Bonchev–Trinajstić information content (AvgIpc) is 2.98. The van der Waals surface area contributed by atoms with Crippen molar-refractivity contribution >= 4 is 0 Å². The molecule has 21 heavy (non-hydrogen) atoms. The molecule has 1 aromatic carbocycles. The Labute approximate surface area is 128 Å². The first-order valence-electron chi connectivity index (χ1n) is 8.45. The van der Waals surface area contributed by atoms with E-state index in [0.29, 0.717) is 12.1 Å². The van der Waals surface area contributed by atoms with E-state index in [4.69, 9.17) is 4.74 Å². The third-order valence-corrected chi connectivity index (χ3v) is 5.57. The van der Waals surface area contributed by atoms with E-state index in [9.17, 15) is 0 Å². The first kappa shape index (κ1) is 14.9. The second kappa shape index (κ2) is 5.98. The highest BCUT2D eigenvalue weighted by Crippen LogP contribution is 2.39. The second-order valence-corrected chi connectivity index (χ2v) is 6.47. The van der Waals surface area contributed by atoms with Gasteiger partial charge in [-0.2, -0.15) is 0 Å². The van der Waals surface area contributed by atoms with Crippen molar-refractivity contribution in [3.63, 3.8) is 0 Å².